The summed E-state index contributed by atoms with van der Waals surface area (Å²) in [5.74, 6) is 1.03. The zero-order valence-electron chi connectivity index (χ0n) is 15.0. The van der Waals surface area contributed by atoms with Crippen LogP contribution in [-0.4, -0.2) is 56.5 Å². The predicted octanol–water partition coefficient (Wildman–Crippen LogP) is 2.31. The molecule has 2 rings (SSSR count). The maximum Gasteiger partial charge on any atom is 0.238 e. The highest BCUT2D eigenvalue weighted by Crippen LogP contribution is 2.19. The van der Waals surface area contributed by atoms with Crippen molar-refractivity contribution < 1.29 is 17.9 Å². The molecule has 0 radical (unpaired) electrons. The summed E-state index contributed by atoms with van der Waals surface area (Å²) in [5.41, 5.74) is 0.711. The van der Waals surface area contributed by atoms with Crippen LogP contribution in [0.1, 0.15) is 33.1 Å². The van der Waals surface area contributed by atoms with E-state index >= 15 is 0 Å². The minimum atomic E-state index is -2.96. The van der Waals surface area contributed by atoms with Gasteiger partial charge in [-0.05, 0) is 50.6 Å². The maximum atomic E-state index is 12.4. The van der Waals surface area contributed by atoms with E-state index in [-0.39, 0.29) is 30.0 Å². The molecular formula is C18H28N2O4S. The van der Waals surface area contributed by atoms with Gasteiger partial charge in [-0.25, -0.2) is 8.42 Å². The molecule has 1 N–H and O–H groups in total. The number of hydrogen-bond acceptors (Lipinski definition) is 5. The lowest BCUT2D eigenvalue weighted by Gasteiger charge is -2.27. The molecule has 7 heteroatoms. The monoisotopic (exact) mass is 368 g/mol. The Hall–Kier alpha value is -1.60. The van der Waals surface area contributed by atoms with Gasteiger partial charge in [0.2, 0.25) is 5.91 Å². The molecule has 6 nitrogen and oxygen atoms in total. The van der Waals surface area contributed by atoms with Gasteiger partial charge in [-0.1, -0.05) is 13.3 Å². The van der Waals surface area contributed by atoms with Crippen LogP contribution in [0.2, 0.25) is 0 Å². The summed E-state index contributed by atoms with van der Waals surface area (Å²) in [6, 6.07) is 7.19. The van der Waals surface area contributed by atoms with E-state index in [2.05, 4.69) is 12.2 Å². The largest absolute Gasteiger partial charge is 0.494 e. The number of anilines is 1. The lowest BCUT2D eigenvalue weighted by molar-refractivity contribution is -0.117. The summed E-state index contributed by atoms with van der Waals surface area (Å²) < 4.78 is 28.9. The molecule has 1 fully saturated rings. The molecule has 1 heterocycles. The van der Waals surface area contributed by atoms with Crippen molar-refractivity contribution >= 4 is 21.4 Å². The van der Waals surface area contributed by atoms with Gasteiger partial charge < -0.3 is 10.1 Å². The number of benzene rings is 1. The molecular weight excluding hydrogens is 340 g/mol. The van der Waals surface area contributed by atoms with E-state index < -0.39 is 9.84 Å². The molecule has 1 atom stereocenters. The average molecular weight is 368 g/mol. The Kier molecular flexibility index (Phi) is 7.25. The van der Waals surface area contributed by atoms with E-state index in [4.69, 9.17) is 4.74 Å². The average Bonchev–Trinajstić information content (AvgIpc) is 2.93. The van der Waals surface area contributed by atoms with Crippen molar-refractivity contribution in [2.45, 2.75) is 39.2 Å². The van der Waals surface area contributed by atoms with E-state index in [0.29, 0.717) is 18.7 Å². The molecule has 1 aliphatic heterocycles. The van der Waals surface area contributed by atoms with Crippen molar-refractivity contribution in [2.24, 2.45) is 0 Å². The highest BCUT2D eigenvalue weighted by atomic mass is 32.2. The number of carbonyl (C=O) groups is 1. The van der Waals surface area contributed by atoms with Gasteiger partial charge >= 0.3 is 0 Å². The fraction of sp³-hybridized carbons (Fsp3) is 0.611. The summed E-state index contributed by atoms with van der Waals surface area (Å²) in [7, 11) is -2.96. The molecule has 0 aromatic heterocycles. The second kappa shape index (κ2) is 9.20. The molecule has 140 valence electrons. The summed E-state index contributed by atoms with van der Waals surface area (Å²) in [6.07, 6.45) is 2.58. The van der Waals surface area contributed by atoms with Crippen molar-refractivity contribution in [3.8, 4) is 5.75 Å². The number of ether oxygens (including phenoxy) is 1. The SMILES string of the molecule is CCCCN(CC(=O)Nc1ccc(OCC)cc1)C1CCS(=O)(=O)C1. The van der Waals surface area contributed by atoms with Crippen LogP contribution in [0.5, 0.6) is 5.75 Å². The first kappa shape index (κ1) is 19.7. The first-order chi connectivity index (χ1) is 11.9. The molecule has 1 aromatic rings. The Morgan fingerprint density at radius 2 is 2.00 bits per heavy atom. The zero-order chi connectivity index (χ0) is 18.3. The number of nitrogens with one attached hydrogen (secondary N) is 1. The fourth-order valence-corrected chi connectivity index (χ4v) is 4.76. The number of amides is 1. The van der Waals surface area contributed by atoms with E-state index in [1.807, 2.05) is 24.0 Å². The topological polar surface area (TPSA) is 75.7 Å². The molecule has 25 heavy (non-hydrogen) atoms. The quantitative estimate of drug-likeness (QED) is 0.724. The van der Waals surface area contributed by atoms with Crippen LogP contribution >= 0.6 is 0 Å². The highest BCUT2D eigenvalue weighted by molar-refractivity contribution is 7.91. The van der Waals surface area contributed by atoms with E-state index in [9.17, 15) is 13.2 Å². The van der Waals surface area contributed by atoms with E-state index in [0.717, 1.165) is 25.1 Å². The summed E-state index contributed by atoms with van der Waals surface area (Å²) in [5, 5.41) is 2.88. The van der Waals surface area contributed by atoms with Gasteiger partial charge in [-0.3, -0.25) is 9.69 Å². The Balaban J connectivity index is 1.94. The number of sulfone groups is 1. The van der Waals surface area contributed by atoms with Crippen LogP contribution in [0.4, 0.5) is 5.69 Å². The van der Waals surface area contributed by atoms with E-state index in [1.165, 1.54) is 0 Å². The predicted molar refractivity (Wildman–Crippen MR) is 99.8 cm³/mol. The van der Waals surface area contributed by atoms with Crippen LogP contribution in [0.25, 0.3) is 0 Å². The van der Waals surface area contributed by atoms with Crippen LogP contribution in [0, 0.1) is 0 Å². The van der Waals surface area contributed by atoms with Crippen LogP contribution in [0.15, 0.2) is 24.3 Å². The first-order valence-electron chi connectivity index (χ1n) is 8.90. The van der Waals surface area contributed by atoms with Gasteiger partial charge in [-0.2, -0.15) is 0 Å². The van der Waals surface area contributed by atoms with Gasteiger partial charge in [-0.15, -0.1) is 0 Å². The third-order valence-electron chi connectivity index (χ3n) is 4.32. The minimum absolute atomic E-state index is 0.0531. The normalized spacial score (nSPS) is 19.1. The van der Waals surface area contributed by atoms with E-state index in [1.54, 1.807) is 12.1 Å². The molecule has 1 saturated heterocycles. The molecule has 1 aliphatic rings. The molecule has 1 aromatic carbocycles. The summed E-state index contributed by atoms with van der Waals surface area (Å²) in [4.78, 5) is 14.4. The van der Waals surface area contributed by atoms with Gasteiger partial charge in [0.05, 0.1) is 24.7 Å². The highest BCUT2D eigenvalue weighted by Gasteiger charge is 2.32. The maximum absolute atomic E-state index is 12.4. The molecule has 1 unspecified atom stereocenters. The smallest absolute Gasteiger partial charge is 0.238 e. The van der Waals surface area contributed by atoms with Crippen molar-refractivity contribution in [2.75, 3.05) is 36.5 Å². The molecule has 0 aliphatic carbocycles. The molecule has 0 saturated carbocycles. The first-order valence-corrected chi connectivity index (χ1v) is 10.7. The second-order valence-corrected chi connectivity index (χ2v) is 8.62. The number of rotatable bonds is 9. The van der Waals surface area contributed by atoms with Crippen LogP contribution < -0.4 is 10.1 Å². The zero-order valence-corrected chi connectivity index (χ0v) is 15.8. The molecule has 1 amide bonds. The van der Waals surface area contributed by atoms with Crippen molar-refractivity contribution in [3.05, 3.63) is 24.3 Å². The third-order valence-corrected chi connectivity index (χ3v) is 6.07. The number of hydrogen-bond donors (Lipinski definition) is 1. The molecule has 0 bridgehead atoms. The van der Waals surface area contributed by atoms with Crippen molar-refractivity contribution in [3.63, 3.8) is 0 Å². The third kappa shape index (κ3) is 6.32. The van der Waals surface area contributed by atoms with Gasteiger partial charge in [0.1, 0.15) is 5.75 Å². The van der Waals surface area contributed by atoms with Crippen molar-refractivity contribution in [1.29, 1.82) is 0 Å². The van der Waals surface area contributed by atoms with Crippen molar-refractivity contribution in [1.82, 2.24) is 4.90 Å². The second-order valence-electron chi connectivity index (χ2n) is 6.39. The number of nitrogens with zero attached hydrogens (tertiary/aromatic N) is 1. The minimum Gasteiger partial charge on any atom is -0.494 e. The lowest BCUT2D eigenvalue weighted by Crippen LogP contribution is -2.42. The van der Waals surface area contributed by atoms with Crippen LogP contribution in [-0.2, 0) is 14.6 Å². The Morgan fingerprint density at radius 3 is 2.56 bits per heavy atom. The number of carbonyl (C=O) groups excluding carboxylic acids is 1. The van der Waals surface area contributed by atoms with Crippen LogP contribution in [0.3, 0.4) is 0 Å². The summed E-state index contributed by atoms with van der Waals surface area (Å²) in [6.45, 7) is 5.57. The standard InChI is InChI=1S/C18H28N2O4S/c1-3-5-11-20(16-10-12-25(22,23)14-16)13-18(21)19-15-6-8-17(9-7-15)24-4-2/h6-9,16H,3-5,10-14H2,1-2H3,(H,19,21). The Bertz CT molecular complexity index is 658. The van der Waals surface area contributed by atoms with Gasteiger partial charge in [0.15, 0.2) is 9.84 Å². The lowest BCUT2D eigenvalue weighted by atomic mass is 10.2. The Morgan fingerprint density at radius 1 is 1.28 bits per heavy atom. The van der Waals surface area contributed by atoms with Gasteiger partial charge in [0.25, 0.3) is 0 Å². The summed E-state index contributed by atoms with van der Waals surface area (Å²) >= 11 is 0. The molecule has 0 spiro atoms. The fourth-order valence-electron chi connectivity index (χ4n) is 3.00. The Labute approximate surface area is 150 Å². The number of unbranched alkanes of at least 4 members (excludes halogenated alkanes) is 1. The van der Waals surface area contributed by atoms with Gasteiger partial charge in [0, 0.05) is 11.7 Å².